The van der Waals surface area contributed by atoms with Crippen molar-refractivity contribution in [3.05, 3.63) is 21.9 Å². The maximum Gasteiger partial charge on any atom is 0.154 e. The Bertz CT molecular complexity index is 372. The third-order valence-corrected chi connectivity index (χ3v) is 3.35. The first kappa shape index (κ1) is 12.0. The molecular formula is C11H15Cl2N3. The Balaban J connectivity index is 2.15. The molecule has 88 valence electrons. The smallest absolute Gasteiger partial charge is 0.154 e. The van der Waals surface area contributed by atoms with Crippen molar-refractivity contribution in [3.63, 3.8) is 0 Å². The normalized spacial score (nSPS) is 21.4. The summed E-state index contributed by atoms with van der Waals surface area (Å²) in [5, 5.41) is 4.34. The number of anilines is 1. The molecule has 0 amide bonds. The number of likely N-dealkylation sites (tertiary alicyclic amines) is 1. The molecule has 0 aromatic carbocycles. The maximum absolute atomic E-state index is 6.08. The van der Waals surface area contributed by atoms with Crippen LogP contribution in [0.1, 0.15) is 12.0 Å². The van der Waals surface area contributed by atoms with Gasteiger partial charge in [0.2, 0.25) is 0 Å². The highest BCUT2D eigenvalue weighted by atomic mass is 35.5. The highest BCUT2D eigenvalue weighted by molar-refractivity contribution is 6.34. The number of hydrogen-bond donors (Lipinski definition) is 1. The quantitative estimate of drug-likeness (QED) is 0.829. The first-order valence-electron chi connectivity index (χ1n) is 5.34. The van der Waals surface area contributed by atoms with Gasteiger partial charge in [-0.05, 0) is 38.6 Å². The molecule has 1 saturated heterocycles. The van der Waals surface area contributed by atoms with Crippen molar-refractivity contribution in [1.29, 1.82) is 0 Å². The van der Waals surface area contributed by atoms with Crippen molar-refractivity contribution in [1.82, 2.24) is 9.88 Å². The number of aryl methyl sites for hydroxylation is 1. The zero-order valence-electron chi connectivity index (χ0n) is 9.43. The van der Waals surface area contributed by atoms with Crippen molar-refractivity contribution in [3.8, 4) is 0 Å². The number of aromatic nitrogens is 1. The van der Waals surface area contributed by atoms with E-state index in [9.17, 15) is 0 Å². The summed E-state index contributed by atoms with van der Waals surface area (Å²) in [6.07, 6.45) is 1.13. The summed E-state index contributed by atoms with van der Waals surface area (Å²) in [4.78, 5) is 6.35. The number of halogens is 2. The average Bonchev–Trinajstić information content (AvgIpc) is 2.58. The van der Waals surface area contributed by atoms with Gasteiger partial charge in [0.05, 0.1) is 5.69 Å². The monoisotopic (exact) mass is 259 g/mol. The predicted molar refractivity (Wildman–Crippen MR) is 68.5 cm³/mol. The lowest BCUT2D eigenvalue weighted by atomic mass is 10.2. The molecule has 0 spiro atoms. The van der Waals surface area contributed by atoms with Crippen LogP contribution in [0.2, 0.25) is 10.3 Å². The SMILES string of the molecule is Cc1cc(Cl)nc(Cl)c1NC1CCN(C)C1. The number of nitrogens with zero attached hydrogens (tertiary/aromatic N) is 2. The largest absolute Gasteiger partial charge is 0.378 e. The number of pyridine rings is 1. The van der Waals surface area contributed by atoms with Crippen molar-refractivity contribution in [2.24, 2.45) is 0 Å². The Morgan fingerprint density at radius 2 is 2.25 bits per heavy atom. The number of hydrogen-bond acceptors (Lipinski definition) is 3. The van der Waals surface area contributed by atoms with Gasteiger partial charge in [0.25, 0.3) is 0 Å². The van der Waals surface area contributed by atoms with E-state index < -0.39 is 0 Å². The van der Waals surface area contributed by atoms with E-state index in [-0.39, 0.29) is 0 Å². The van der Waals surface area contributed by atoms with Crippen molar-refractivity contribution in [2.75, 3.05) is 25.5 Å². The highest BCUT2D eigenvalue weighted by Crippen LogP contribution is 2.28. The lowest BCUT2D eigenvalue weighted by Crippen LogP contribution is -2.24. The molecule has 1 aliphatic heterocycles. The first-order chi connectivity index (χ1) is 7.56. The van der Waals surface area contributed by atoms with Crippen LogP contribution in [-0.2, 0) is 0 Å². The van der Waals surface area contributed by atoms with Crippen LogP contribution in [0.15, 0.2) is 6.07 Å². The first-order valence-corrected chi connectivity index (χ1v) is 6.09. The summed E-state index contributed by atoms with van der Waals surface area (Å²) in [6.45, 7) is 4.15. The van der Waals surface area contributed by atoms with Gasteiger partial charge in [0.1, 0.15) is 5.15 Å². The fraction of sp³-hybridized carbons (Fsp3) is 0.545. The van der Waals surface area contributed by atoms with E-state index in [1.807, 2.05) is 13.0 Å². The molecule has 16 heavy (non-hydrogen) atoms. The molecule has 0 radical (unpaired) electrons. The maximum atomic E-state index is 6.08. The lowest BCUT2D eigenvalue weighted by molar-refractivity contribution is 0.414. The Kier molecular flexibility index (Phi) is 3.57. The summed E-state index contributed by atoms with van der Waals surface area (Å²) >= 11 is 11.9. The van der Waals surface area contributed by atoms with Gasteiger partial charge in [-0.25, -0.2) is 4.98 Å². The summed E-state index contributed by atoms with van der Waals surface area (Å²) in [7, 11) is 2.12. The van der Waals surface area contributed by atoms with Crippen molar-refractivity contribution >= 4 is 28.9 Å². The van der Waals surface area contributed by atoms with Crippen LogP contribution in [0.3, 0.4) is 0 Å². The van der Waals surface area contributed by atoms with E-state index in [2.05, 4.69) is 22.2 Å². The minimum absolute atomic E-state index is 0.441. The molecule has 1 N–H and O–H groups in total. The molecule has 1 fully saturated rings. The molecule has 0 bridgehead atoms. The van der Waals surface area contributed by atoms with Gasteiger partial charge in [-0.15, -0.1) is 0 Å². The van der Waals surface area contributed by atoms with E-state index in [1.165, 1.54) is 0 Å². The van der Waals surface area contributed by atoms with E-state index in [0.717, 1.165) is 30.8 Å². The van der Waals surface area contributed by atoms with Crippen molar-refractivity contribution < 1.29 is 0 Å². The third-order valence-electron chi connectivity index (χ3n) is 2.88. The molecule has 3 nitrogen and oxygen atoms in total. The van der Waals surface area contributed by atoms with E-state index in [4.69, 9.17) is 23.2 Å². The van der Waals surface area contributed by atoms with Gasteiger partial charge in [-0.1, -0.05) is 23.2 Å². The molecule has 0 saturated carbocycles. The van der Waals surface area contributed by atoms with Crippen LogP contribution in [0.4, 0.5) is 5.69 Å². The fourth-order valence-corrected chi connectivity index (χ4v) is 2.61. The van der Waals surface area contributed by atoms with E-state index >= 15 is 0 Å². The van der Waals surface area contributed by atoms with Gasteiger partial charge in [-0.2, -0.15) is 0 Å². The second-order valence-corrected chi connectivity index (χ2v) is 5.07. The second-order valence-electron chi connectivity index (χ2n) is 4.32. The summed E-state index contributed by atoms with van der Waals surface area (Å²) < 4.78 is 0. The van der Waals surface area contributed by atoms with Crippen LogP contribution in [0.5, 0.6) is 0 Å². The van der Waals surface area contributed by atoms with Gasteiger partial charge in [0.15, 0.2) is 5.15 Å². The number of nitrogens with one attached hydrogen (secondary N) is 1. The standard InChI is InChI=1S/C11H15Cl2N3/c1-7-5-9(12)15-11(13)10(7)14-8-3-4-16(2)6-8/h5,8,14H,3-4,6H2,1-2H3. The summed E-state index contributed by atoms with van der Waals surface area (Å²) in [6, 6.07) is 2.28. The van der Waals surface area contributed by atoms with Gasteiger partial charge < -0.3 is 10.2 Å². The fourth-order valence-electron chi connectivity index (χ4n) is 2.03. The van der Waals surface area contributed by atoms with Crippen LogP contribution >= 0.6 is 23.2 Å². The molecular weight excluding hydrogens is 245 g/mol. The molecule has 1 aliphatic rings. The predicted octanol–water partition coefficient (Wildman–Crippen LogP) is 2.81. The van der Waals surface area contributed by atoms with Crippen LogP contribution in [-0.4, -0.2) is 36.1 Å². The number of likely N-dealkylation sites (N-methyl/N-ethyl adjacent to an activating group) is 1. The minimum atomic E-state index is 0.441. The molecule has 1 aromatic heterocycles. The van der Waals surface area contributed by atoms with Crippen LogP contribution in [0.25, 0.3) is 0 Å². The third kappa shape index (κ3) is 2.59. The topological polar surface area (TPSA) is 28.2 Å². The molecule has 1 unspecified atom stereocenters. The summed E-state index contributed by atoms with van der Waals surface area (Å²) in [5.74, 6) is 0. The molecule has 2 rings (SSSR count). The molecule has 5 heteroatoms. The van der Waals surface area contributed by atoms with Crippen LogP contribution in [0, 0.1) is 6.92 Å². The van der Waals surface area contributed by atoms with Crippen LogP contribution < -0.4 is 5.32 Å². The van der Waals surface area contributed by atoms with Gasteiger partial charge >= 0.3 is 0 Å². The van der Waals surface area contributed by atoms with E-state index in [1.54, 1.807) is 0 Å². The molecule has 1 atom stereocenters. The Morgan fingerprint density at radius 1 is 1.50 bits per heavy atom. The number of rotatable bonds is 2. The Labute approximate surface area is 106 Å². The van der Waals surface area contributed by atoms with Gasteiger partial charge in [0, 0.05) is 12.6 Å². The molecule has 0 aliphatic carbocycles. The lowest BCUT2D eigenvalue weighted by Gasteiger charge is -2.17. The van der Waals surface area contributed by atoms with Crippen molar-refractivity contribution in [2.45, 2.75) is 19.4 Å². The zero-order valence-corrected chi connectivity index (χ0v) is 10.9. The second kappa shape index (κ2) is 4.78. The zero-order chi connectivity index (χ0) is 11.7. The highest BCUT2D eigenvalue weighted by Gasteiger charge is 2.20. The average molecular weight is 260 g/mol. The van der Waals surface area contributed by atoms with E-state index in [0.29, 0.717) is 16.3 Å². The summed E-state index contributed by atoms with van der Waals surface area (Å²) in [5.41, 5.74) is 1.95. The molecule has 1 aromatic rings. The Hall–Kier alpha value is -0.510. The Morgan fingerprint density at radius 3 is 2.81 bits per heavy atom. The van der Waals surface area contributed by atoms with Gasteiger partial charge in [-0.3, -0.25) is 0 Å². The minimum Gasteiger partial charge on any atom is -0.378 e. The molecule has 2 heterocycles.